The highest BCUT2D eigenvalue weighted by molar-refractivity contribution is 5.66. The van der Waals surface area contributed by atoms with Gasteiger partial charge in [0.2, 0.25) is 0 Å². The van der Waals surface area contributed by atoms with Crippen LogP contribution in [0.5, 0.6) is 0 Å². The Kier molecular flexibility index (Phi) is 17.1. The first-order valence-electron chi connectivity index (χ1n) is 22.5. The summed E-state index contributed by atoms with van der Waals surface area (Å²) in [5.74, 6) is 6.86. The Hall–Kier alpha value is -0.790. The van der Waals surface area contributed by atoms with Gasteiger partial charge in [0.25, 0.3) is 0 Å². The zero-order chi connectivity index (χ0) is 35.3. The summed E-state index contributed by atoms with van der Waals surface area (Å²) in [5.41, 5.74) is 3.03. The van der Waals surface area contributed by atoms with E-state index in [0.29, 0.717) is 17.3 Å². The van der Waals surface area contributed by atoms with Crippen LogP contribution in [0.25, 0.3) is 0 Å². The van der Waals surface area contributed by atoms with Crippen molar-refractivity contribution in [2.45, 2.75) is 221 Å². The maximum atomic E-state index is 10.6. The summed E-state index contributed by atoms with van der Waals surface area (Å²) in [6.07, 6.45) is 40.9. The highest BCUT2D eigenvalue weighted by atomic mass is 16.4. The average Bonchev–Trinajstić information content (AvgIpc) is 3.43. The Balaban J connectivity index is 1.08. The fraction of sp³-hybridized carbons (Fsp3) is 0.936. The van der Waals surface area contributed by atoms with Crippen molar-refractivity contribution in [1.82, 2.24) is 0 Å². The molecular formula is C47H84O2. The van der Waals surface area contributed by atoms with E-state index >= 15 is 0 Å². The van der Waals surface area contributed by atoms with Gasteiger partial charge in [-0.1, -0.05) is 162 Å². The summed E-state index contributed by atoms with van der Waals surface area (Å²) in [7, 11) is 0. The number of hydrogen-bond acceptors (Lipinski definition) is 1. The molecule has 0 aliphatic heterocycles. The highest BCUT2D eigenvalue weighted by Crippen LogP contribution is 2.67. The summed E-state index contributed by atoms with van der Waals surface area (Å²) < 4.78 is 0. The van der Waals surface area contributed by atoms with Crippen molar-refractivity contribution in [1.29, 1.82) is 0 Å². The van der Waals surface area contributed by atoms with Gasteiger partial charge in [-0.2, -0.15) is 0 Å². The molecular weight excluding hydrogens is 597 g/mol. The molecule has 0 radical (unpaired) electrons. The van der Waals surface area contributed by atoms with Gasteiger partial charge in [0.15, 0.2) is 0 Å². The molecule has 3 fully saturated rings. The number of carbonyl (C=O) groups is 1. The molecule has 49 heavy (non-hydrogen) atoms. The second-order valence-corrected chi connectivity index (χ2v) is 19.3. The monoisotopic (exact) mass is 681 g/mol. The first-order valence-corrected chi connectivity index (χ1v) is 22.5. The van der Waals surface area contributed by atoms with E-state index in [1.165, 1.54) is 161 Å². The van der Waals surface area contributed by atoms with Gasteiger partial charge in [-0.15, -0.1) is 0 Å². The molecule has 4 aliphatic carbocycles. The lowest BCUT2D eigenvalue weighted by Gasteiger charge is -2.58. The maximum absolute atomic E-state index is 10.6. The Morgan fingerprint density at radius 1 is 0.755 bits per heavy atom. The SMILES string of the molecule is CC[C@H](CC[C@@H](C)[C@H]1CC[C@H]2[C@@H]3CC=C4C[C@@H](CCCCCCCCCCCCCCCCCC(=O)O)CC[C@]4(C)[C@H]3CC[C@]12C)C(C)C. The largest absolute Gasteiger partial charge is 0.481 e. The molecule has 2 nitrogen and oxygen atoms in total. The number of carboxylic acids is 1. The lowest BCUT2D eigenvalue weighted by atomic mass is 9.46. The molecule has 0 aromatic heterocycles. The molecule has 0 aromatic carbocycles. The normalized spacial score (nSPS) is 32.3. The zero-order valence-corrected chi connectivity index (χ0v) is 33.9. The first kappa shape index (κ1) is 41.0. The number of hydrogen-bond donors (Lipinski definition) is 1. The second kappa shape index (κ2) is 20.5. The molecule has 4 aliphatic rings. The number of unbranched alkanes of at least 4 members (excludes halogenated alkanes) is 14. The predicted molar refractivity (Wildman–Crippen MR) is 212 cm³/mol. The van der Waals surface area contributed by atoms with Gasteiger partial charge in [-0.05, 0) is 122 Å². The van der Waals surface area contributed by atoms with Gasteiger partial charge in [-0.25, -0.2) is 0 Å². The van der Waals surface area contributed by atoms with Crippen molar-refractivity contribution in [3.05, 3.63) is 11.6 Å². The Bertz CT molecular complexity index is 981. The Labute approximate surface area is 306 Å². The third-order valence-corrected chi connectivity index (χ3v) is 15.9. The van der Waals surface area contributed by atoms with Crippen molar-refractivity contribution in [2.24, 2.45) is 58.2 Å². The number of rotatable bonds is 24. The molecule has 3 saturated carbocycles. The van der Waals surface area contributed by atoms with Crippen LogP contribution in [0.3, 0.4) is 0 Å². The van der Waals surface area contributed by atoms with Gasteiger partial charge >= 0.3 is 5.97 Å². The molecule has 0 saturated heterocycles. The van der Waals surface area contributed by atoms with Gasteiger partial charge < -0.3 is 5.11 Å². The third-order valence-electron chi connectivity index (χ3n) is 15.9. The third kappa shape index (κ3) is 11.3. The molecule has 9 atom stereocenters. The topological polar surface area (TPSA) is 37.3 Å². The standard InChI is InChI=1S/C47H84O2/c1-7-39(36(2)3)26-25-37(4)42-29-30-43-41-28-27-40-35-38(31-33-46(40,5)44(41)32-34-47(42,43)6)23-21-19-17-15-13-11-9-8-10-12-14-16-18-20-22-24-45(48)49/h27,36-39,41-44H,7-26,28-35H2,1-6H3,(H,48,49)/t37-,38+,39-,41+,42-,43+,44+,46+,47-/m1/s1. The quantitative estimate of drug-likeness (QED) is 0.0814. The molecule has 4 rings (SSSR count). The van der Waals surface area contributed by atoms with Crippen molar-refractivity contribution < 1.29 is 9.90 Å². The predicted octanol–water partition coefficient (Wildman–Crippen LogP) is 15.0. The summed E-state index contributed by atoms with van der Waals surface area (Å²) in [4.78, 5) is 10.6. The number of allylic oxidation sites excluding steroid dienone is 2. The van der Waals surface area contributed by atoms with Crippen LogP contribution in [-0.2, 0) is 4.79 Å². The van der Waals surface area contributed by atoms with Crippen LogP contribution in [0, 0.1) is 58.2 Å². The van der Waals surface area contributed by atoms with E-state index in [1.54, 1.807) is 0 Å². The van der Waals surface area contributed by atoms with Gasteiger partial charge in [0.05, 0.1) is 0 Å². The van der Waals surface area contributed by atoms with E-state index in [1.807, 2.05) is 5.57 Å². The van der Waals surface area contributed by atoms with Gasteiger partial charge in [-0.3, -0.25) is 4.79 Å². The van der Waals surface area contributed by atoms with Crippen LogP contribution in [0.2, 0.25) is 0 Å². The van der Waals surface area contributed by atoms with Crippen LogP contribution in [0.4, 0.5) is 0 Å². The zero-order valence-electron chi connectivity index (χ0n) is 33.9. The number of carboxylic acid groups (broad SMARTS) is 1. The summed E-state index contributed by atoms with van der Waals surface area (Å²) in [6, 6.07) is 0. The lowest BCUT2D eigenvalue weighted by molar-refractivity contribution is -0.137. The average molecular weight is 681 g/mol. The molecule has 0 bridgehead atoms. The van der Waals surface area contributed by atoms with Crippen molar-refractivity contribution in [2.75, 3.05) is 0 Å². The number of fused-ring (bicyclic) bond motifs is 5. The molecule has 0 amide bonds. The van der Waals surface area contributed by atoms with Crippen molar-refractivity contribution >= 4 is 5.97 Å². The Morgan fingerprint density at radius 2 is 1.35 bits per heavy atom. The minimum atomic E-state index is -0.646. The summed E-state index contributed by atoms with van der Waals surface area (Å²) >= 11 is 0. The van der Waals surface area contributed by atoms with E-state index in [-0.39, 0.29) is 0 Å². The second-order valence-electron chi connectivity index (χ2n) is 19.3. The molecule has 1 N–H and O–H groups in total. The van der Waals surface area contributed by atoms with E-state index in [9.17, 15) is 4.79 Å². The van der Waals surface area contributed by atoms with E-state index in [0.717, 1.165) is 60.2 Å². The van der Waals surface area contributed by atoms with Crippen LogP contribution >= 0.6 is 0 Å². The van der Waals surface area contributed by atoms with Crippen LogP contribution in [-0.4, -0.2) is 11.1 Å². The van der Waals surface area contributed by atoms with E-state index in [4.69, 9.17) is 5.11 Å². The molecule has 0 heterocycles. The summed E-state index contributed by atoms with van der Waals surface area (Å²) in [6.45, 7) is 15.4. The van der Waals surface area contributed by atoms with Gasteiger partial charge in [0, 0.05) is 6.42 Å². The smallest absolute Gasteiger partial charge is 0.303 e. The molecule has 0 aromatic rings. The lowest BCUT2D eigenvalue weighted by Crippen LogP contribution is -2.50. The van der Waals surface area contributed by atoms with Gasteiger partial charge in [0.1, 0.15) is 0 Å². The number of aliphatic carboxylic acids is 1. The summed E-state index contributed by atoms with van der Waals surface area (Å²) in [5, 5.41) is 8.71. The fourth-order valence-electron chi connectivity index (χ4n) is 12.7. The molecule has 2 heteroatoms. The molecule has 0 spiro atoms. The van der Waals surface area contributed by atoms with Crippen LogP contribution in [0.1, 0.15) is 221 Å². The van der Waals surface area contributed by atoms with Crippen LogP contribution in [0.15, 0.2) is 11.6 Å². The minimum absolute atomic E-state index is 0.345. The first-order chi connectivity index (χ1) is 23.6. The fourth-order valence-corrected chi connectivity index (χ4v) is 12.7. The van der Waals surface area contributed by atoms with E-state index < -0.39 is 5.97 Å². The molecule has 0 unspecified atom stereocenters. The van der Waals surface area contributed by atoms with Crippen molar-refractivity contribution in [3.63, 3.8) is 0 Å². The minimum Gasteiger partial charge on any atom is -0.481 e. The van der Waals surface area contributed by atoms with E-state index in [2.05, 4.69) is 47.6 Å². The Morgan fingerprint density at radius 3 is 1.92 bits per heavy atom. The maximum Gasteiger partial charge on any atom is 0.303 e. The molecule has 284 valence electrons. The van der Waals surface area contributed by atoms with Crippen molar-refractivity contribution in [3.8, 4) is 0 Å². The van der Waals surface area contributed by atoms with Crippen LogP contribution < -0.4 is 0 Å². The highest BCUT2D eigenvalue weighted by Gasteiger charge is 2.59.